The smallest absolute Gasteiger partial charge is 0.342 e. The Bertz CT molecular complexity index is 1000. The molecule has 8 nitrogen and oxygen atoms in total. The zero-order chi connectivity index (χ0) is 20.1. The van der Waals surface area contributed by atoms with Crippen molar-refractivity contribution < 1.29 is 14.5 Å². The fourth-order valence-electron chi connectivity index (χ4n) is 2.68. The van der Waals surface area contributed by atoms with Crippen LogP contribution in [0.5, 0.6) is 0 Å². The average Bonchev–Trinajstić information content (AvgIpc) is 2.68. The summed E-state index contributed by atoms with van der Waals surface area (Å²) < 4.78 is 5.14. The largest absolute Gasteiger partial charge is 0.462 e. The number of non-ortho nitro benzene ring substituents is 1. The molecule has 142 valence electrons. The Morgan fingerprint density at radius 1 is 1.11 bits per heavy atom. The van der Waals surface area contributed by atoms with E-state index in [0.29, 0.717) is 22.9 Å². The summed E-state index contributed by atoms with van der Waals surface area (Å²) in [6.45, 7) is 3.62. The van der Waals surface area contributed by atoms with Crippen LogP contribution in [-0.4, -0.2) is 27.5 Å². The van der Waals surface area contributed by atoms with Crippen LogP contribution in [0.2, 0.25) is 0 Å². The highest BCUT2D eigenvalue weighted by Gasteiger charge is 2.21. The van der Waals surface area contributed by atoms with Crippen LogP contribution in [0.4, 0.5) is 17.3 Å². The summed E-state index contributed by atoms with van der Waals surface area (Å²) in [5.74, 6) is -0.232. The lowest BCUT2D eigenvalue weighted by Crippen LogP contribution is -2.13. The monoisotopic (exact) mass is 378 g/mol. The average molecular weight is 378 g/mol. The minimum atomic E-state index is -0.542. The van der Waals surface area contributed by atoms with Crippen molar-refractivity contribution in [1.82, 2.24) is 9.97 Å². The Balaban J connectivity index is 2.09. The predicted molar refractivity (Wildman–Crippen MR) is 105 cm³/mol. The number of ether oxygens (including phenoxy) is 1. The Morgan fingerprint density at radius 3 is 2.39 bits per heavy atom. The molecule has 28 heavy (non-hydrogen) atoms. The van der Waals surface area contributed by atoms with E-state index in [1.54, 1.807) is 26.0 Å². The Hall–Kier alpha value is -3.81. The van der Waals surface area contributed by atoms with Gasteiger partial charge in [0.1, 0.15) is 5.56 Å². The number of nitrogens with zero attached hydrogens (tertiary/aromatic N) is 3. The van der Waals surface area contributed by atoms with E-state index >= 15 is 0 Å². The van der Waals surface area contributed by atoms with Gasteiger partial charge in [0, 0.05) is 23.4 Å². The highest BCUT2D eigenvalue weighted by Crippen LogP contribution is 2.28. The number of nitro groups is 1. The molecule has 0 aliphatic rings. The number of hydrogen-bond donors (Lipinski definition) is 1. The lowest BCUT2D eigenvalue weighted by Gasteiger charge is -2.13. The second-order valence-corrected chi connectivity index (χ2v) is 5.87. The molecule has 8 heteroatoms. The third kappa shape index (κ3) is 4.12. The van der Waals surface area contributed by atoms with E-state index in [1.807, 2.05) is 30.3 Å². The van der Waals surface area contributed by atoms with Crippen LogP contribution in [-0.2, 0) is 4.74 Å². The summed E-state index contributed by atoms with van der Waals surface area (Å²) in [6.07, 6.45) is 0. The van der Waals surface area contributed by atoms with Gasteiger partial charge in [-0.2, -0.15) is 0 Å². The van der Waals surface area contributed by atoms with Crippen LogP contribution in [0.15, 0.2) is 54.6 Å². The van der Waals surface area contributed by atoms with Crippen LogP contribution in [0.1, 0.15) is 23.0 Å². The first kappa shape index (κ1) is 19.0. The molecule has 0 bridgehead atoms. The molecule has 0 amide bonds. The van der Waals surface area contributed by atoms with Gasteiger partial charge in [-0.1, -0.05) is 18.2 Å². The molecule has 0 atom stereocenters. The lowest BCUT2D eigenvalue weighted by atomic mass is 10.0. The zero-order valence-electron chi connectivity index (χ0n) is 15.4. The van der Waals surface area contributed by atoms with E-state index in [9.17, 15) is 14.9 Å². The first-order chi connectivity index (χ1) is 13.5. The molecule has 1 N–H and O–H groups in total. The van der Waals surface area contributed by atoms with Gasteiger partial charge in [0.2, 0.25) is 5.95 Å². The van der Waals surface area contributed by atoms with Crippen LogP contribution in [0, 0.1) is 17.0 Å². The van der Waals surface area contributed by atoms with E-state index in [-0.39, 0.29) is 17.9 Å². The maximum absolute atomic E-state index is 12.5. The molecule has 1 heterocycles. The summed E-state index contributed by atoms with van der Waals surface area (Å²) >= 11 is 0. The third-order valence-electron chi connectivity index (χ3n) is 3.95. The molecule has 0 aliphatic heterocycles. The standard InChI is InChI=1S/C20H18N4O4/c1-3-28-19(25)17-13(2)21-20(22-15-7-5-4-6-8-15)23-18(17)14-9-11-16(12-10-14)24(26)27/h4-12H,3H2,1-2H3,(H,21,22,23). The Labute approximate surface area is 161 Å². The first-order valence-electron chi connectivity index (χ1n) is 8.62. The van der Waals surface area contributed by atoms with E-state index < -0.39 is 10.9 Å². The number of aryl methyl sites for hydroxylation is 1. The number of anilines is 2. The Kier molecular flexibility index (Phi) is 5.59. The van der Waals surface area contributed by atoms with Crippen LogP contribution in [0.3, 0.4) is 0 Å². The summed E-state index contributed by atoms with van der Waals surface area (Å²) in [5.41, 5.74) is 2.32. The number of carbonyl (C=O) groups is 1. The molecule has 0 aliphatic carbocycles. The van der Waals surface area contributed by atoms with Gasteiger partial charge in [0.25, 0.3) is 5.69 Å². The van der Waals surface area contributed by atoms with E-state index in [1.165, 1.54) is 12.1 Å². The molecule has 0 unspecified atom stereocenters. The molecular weight excluding hydrogens is 360 g/mol. The molecule has 0 saturated heterocycles. The van der Waals surface area contributed by atoms with Gasteiger partial charge in [-0.05, 0) is 38.1 Å². The quantitative estimate of drug-likeness (QED) is 0.387. The Morgan fingerprint density at radius 2 is 1.79 bits per heavy atom. The molecule has 0 fully saturated rings. The molecule has 3 aromatic rings. The summed E-state index contributed by atoms with van der Waals surface area (Å²) in [5, 5.41) is 14.0. The second kappa shape index (κ2) is 8.26. The van der Waals surface area contributed by atoms with Gasteiger partial charge in [-0.3, -0.25) is 10.1 Å². The van der Waals surface area contributed by atoms with Crippen molar-refractivity contribution in [2.24, 2.45) is 0 Å². The number of esters is 1. The first-order valence-corrected chi connectivity index (χ1v) is 8.62. The van der Waals surface area contributed by atoms with Gasteiger partial charge in [-0.15, -0.1) is 0 Å². The highest BCUT2D eigenvalue weighted by atomic mass is 16.6. The number of nitrogens with one attached hydrogen (secondary N) is 1. The number of aromatic nitrogens is 2. The SMILES string of the molecule is CCOC(=O)c1c(C)nc(Nc2ccccc2)nc1-c1ccc([N+](=O)[O-])cc1. The fourth-order valence-corrected chi connectivity index (χ4v) is 2.68. The minimum absolute atomic E-state index is 0.0464. The number of benzene rings is 2. The topological polar surface area (TPSA) is 107 Å². The van der Waals surface area contributed by atoms with Crippen molar-refractivity contribution >= 4 is 23.3 Å². The number of hydrogen-bond acceptors (Lipinski definition) is 7. The molecule has 3 rings (SSSR count). The van der Waals surface area contributed by atoms with Gasteiger partial charge < -0.3 is 10.1 Å². The maximum Gasteiger partial charge on any atom is 0.342 e. The van der Waals surface area contributed by atoms with Crippen molar-refractivity contribution in [1.29, 1.82) is 0 Å². The lowest BCUT2D eigenvalue weighted by molar-refractivity contribution is -0.384. The van der Waals surface area contributed by atoms with Gasteiger partial charge in [-0.25, -0.2) is 14.8 Å². The fraction of sp³-hybridized carbons (Fsp3) is 0.150. The molecule has 0 radical (unpaired) electrons. The van der Waals surface area contributed by atoms with E-state index in [0.717, 1.165) is 5.69 Å². The van der Waals surface area contributed by atoms with Crippen LogP contribution in [0.25, 0.3) is 11.3 Å². The van der Waals surface area contributed by atoms with E-state index in [4.69, 9.17) is 4.74 Å². The van der Waals surface area contributed by atoms with E-state index in [2.05, 4.69) is 15.3 Å². The van der Waals surface area contributed by atoms with Gasteiger partial charge in [0.15, 0.2) is 0 Å². The summed E-state index contributed by atoms with van der Waals surface area (Å²) in [7, 11) is 0. The molecule has 0 spiro atoms. The third-order valence-corrected chi connectivity index (χ3v) is 3.95. The van der Waals surface area contributed by atoms with Gasteiger partial charge in [0.05, 0.1) is 22.9 Å². The van der Waals surface area contributed by atoms with Crippen molar-refractivity contribution in [2.75, 3.05) is 11.9 Å². The number of para-hydroxylation sites is 1. The summed E-state index contributed by atoms with van der Waals surface area (Å²) in [6, 6.07) is 15.2. The van der Waals surface area contributed by atoms with Gasteiger partial charge >= 0.3 is 5.97 Å². The number of rotatable bonds is 6. The predicted octanol–water partition coefficient (Wildman–Crippen LogP) is 4.28. The van der Waals surface area contributed by atoms with Crippen LogP contribution >= 0.6 is 0 Å². The molecule has 1 aromatic heterocycles. The number of nitro benzene ring substituents is 1. The number of carbonyl (C=O) groups excluding carboxylic acids is 1. The van der Waals surface area contributed by atoms with Crippen molar-refractivity contribution in [2.45, 2.75) is 13.8 Å². The molecule has 0 saturated carbocycles. The normalized spacial score (nSPS) is 10.4. The van der Waals surface area contributed by atoms with Crippen molar-refractivity contribution in [3.05, 3.63) is 76.0 Å². The molecular formula is C20H18N4O4. The zero-order valence-corrected chi connectivity index (χ0v) is 15.4. The maximum atomic E-state index is 12.5. The minimum Gasteiger partial charge on any atom is -0.462 e. The summed E-state index contributed by atoms with van der Waals surface area (Å²) in [4.78, 5) is 31.8. The molecule has 2 aromatic carbocycles. The van der Waals surface area contributed by atoms with Crippen LogP contribution < -0.4 is 5.32 Å². The second-order valence-electron chi connectivity index (χ2n) is 5.87. The van der Waals surface area contributed by atoms with Crippen molar-refractivity contribution in [3.63, 3.8) is 0 Å². The van der Waals surface area contributed by atoms with Crippen molar-refractivity contribution in [3.8, 4) is 11.3 Å². The highest BCUT2D eigenvalue weighted by molar-refractivity contribution is 5.97.